The van der Waals surface area contributed by atoms with Gasteiger partial charge in [0.25, 0.3) is 0 Å². The van der Waals surface area contributed by atoms with Crippen molar-refractivity contribution >= 4 is 0 Å². The maximum absolute atomic E-state index is 5.50. The van der Waals surface area contributed by atoms with Crippen LogP contribution in [0.15, 0.2) is 24.3 Å². The van der Waals surface area contributed by atoms with Gasteiger partial charge in [0.2, 0.25) is 0 Å². The topological polar surface area (TPSA) is 54.7 Å². The third kappa shape index (κ3) is 3.67. The molecular formula is C16H23N3. The lowest BCUT2D eigenvalue weighted by Crippen LogP contribution is -1.98. The Labute approximate surface area is 115 Å². The molecule has 0 atom stereocenters. The highest BCUT2D eigenvalue weighted by atomic mass is 14.9. The molecule has 0 bridgehead atoms. The van der Waals surface area contributed by atoms with Crippen LogP contribution in [0.2, 0.25) is 0 Å². The molecule has 0 spiro atoms. The van der Waals surface area contributed by atoms with Gasteiger partial charge in [0.05, 0.1) is 5.69 Å². The zero-order chi connectivity index (χ0) is 13.7. The summed E-state index contributed by atoms with van der Waals surface area (Å²) in [5.74, 6) is 1.09. The molecule has 0 aliphatic heterocycles. The van der Waals surface area contributed by atoms with E-state index in [1.165, 1.54) is 17.5 Å². The number of nitrogens with two attached hydrogens (primary N) is 1. The quantitative estimate of drug-likeness (QED) is 0.780. The number of rotatable bonds is 6. The Kier molecular flexibility index (Phi) is 4.74. The number of aromatic nitrogens is 2. The second kappa shape index (κ2) is 6.53. The number of aryl methyl sites for hydroxylation is 3. The van der Waals surface area contributed by atoms with Crippen LogP contribution in [0.5, 0.6) is 0 Å². The molecule has 3 N–H and O–H groups in total. The first-order valence-corrected chi connectivity index (χ1v) is 7.03. The van der Waals surface area contributed by atoms with Crippen molar-refractivity contribution in [3.63, 3.8) is 0 Å². The van der Waals surface area contributed by atoms with Crippen LogP contribution in [0.1, 0.15) is 36.3 Å². The maximum Gasteiger partial charge on any atom is 0.106 e. The molecule has 1 heterocycles. The minimum Gasteiger partial charge on any atom is -0.346 e. The van der Waals surface area contributed by atoms with Crippen molar-refractivity contribution in [2.24, 2.45) is 5.73 Å². The maximum atomic E-state index is 5.50. The molecule has 1 aromatic carbocycles. The van der Waals surface area contributed by atoms with Crippen molar-refractivity contribution in [2.45, 2.75) is 39.5 Å². The third-order valence-electron chi connectivity index (χ3n) is 3.38. The number of hydrogen-bond acceptors (Lipinski definition) is 2. The Morgan fingerprint density at radius 2 is 1.79 bits per heavy atom. The molecule has 0 aliphatic rings. The molecule has 1 aromatic heterocycles. The highest BCUT2D eigenvalue weighted by Gasteiger charge is 2.08. The Balaban J connectivity index is 2.06. The van der Waals surface area contributed by atoms with E-state index in [0.717, 1.165) is 43.0 Å². The number of H-pyrrole nitrogens is 1. The molecular weight excluding hydrogens is 234 g/mol. The van der Waals surface area contributed by atoms with Crippen LogP contribution in [-0.2, 0) is 6.42 Å². The van der Waals surface area contributed by atoms with Gasteiger partial charge in [-0.3, -0.25) is 0 Å². The first-order valence-electron chi connectivity index (χ1n) is 7.03. The smallest absolute Gasteiger partial charge is 0.106 e. The van der Waals surface area contributed by atoms with E-state index >= 15 is 0 Å². The summed E-state index contributed by atoms with van der Waals surface area (Å²) in [4.78, 5) is 8.11. The number of hydrogen-bond donors (Lipinski definition) is 2. The number of unbranched alkanes of at least 4 members (excludes halogenated alkanes) is 2. The molecule has 0 amide bonds. The van der Waals surface area contributed by atoms with Crippen molar-refractivity contribution in [1.82, 2.24) is 9.97 Å². The summed E-state index contributed by atoms with van der Waals surface area (Å²) in [6.45, 7) is 4.97. The van der Waals surface area contributed by atoms with Crippen LogP contribution in [0, 0.1) is 13.8 Å². The van der Waals surface area contributed by atoms with Crippen LogP contribution in [0.4, 0.5) is 0 Å². The number of nitrogens with zero attached hydrogens (tertiary/aromatic N) is 1. The molecule has 0 fully saturated rings. The van der Waals surface area contributed by atoms with Crippen molar-refractivity contribution in [1.29, 1.82) is 0 Å². The number of aromatic amines is 1. The van der Waals surface area contributed by atoms with Gasteiger partial charge in [-0.1, -0.05) is 36.2 Å². The Morgan fingerprint density at radius 1 is 1.05 bits per heavy atom. The second-order valence-electron chi connectivity index (χ2n) is 5.12. The van der Waals surface area contributed by atoms with Crippen molar-refractivity contribution in [3.8, 4) is 11.3 Å². The Hall–Kier alpha value is -1.61. The predicted octanol–water partition coefficient (Wildman–Crippen LogP) is 3.37. The Bertz CT molecular complexity index is 511. The molecule has 3 nitrogen and oxygen atoms in total. The van der Waals surface area contributed by atoms with Gasteiger partial charge in [-0.25, -0.2) is 4.98 Å². The van der Waals surface area contributed by atoms with Gasteiger partial charge in [-0.2, -0.15) is 0 Å². The van der Waals surface area contributed by atoms with Crippen LogP contribution in [0.3, 0.4) is 0 Å². The van der Waals surface area contributed by atoms with E-state index in [1.54, 1.807) is 0 Å². The van der Waals surface area contributed by atoms with Crippen LogP contribution in [-0.4, -0.2) is 16.5 Å². The highest BCUT2D eigenvalue weighted by Crippen LogP contribution is 2.22. The highest BCUT2D eigenvalue weighted by molar-refractivity contribution is 5.62. The molecule has 2 aromatic rings. The summed E-state index contributed by atoms with van der Waals surface area (Å²) >= 11 is 0. The number of imidazole rings is 1. The van der Waals surface area contributed by atoms with Gasteiger partial charge >= 0.3 is 0 Å². The van der Waals surface area contributed by atoms with Gasteiger partial charge < -0.3 is 10.7 Å². The molecule has 19 heavy (non-hydrogen) atoms. The molecule has 0 saturated heterocycles. The van der Waals surface area contributed by atoms with E-state index in [-0.39, 0.29) is 0 Å². The fourth-order valence-corrected chi connectivity index (χ4v) is 2.25. The van der Waals surface area contributed by atoms with Crippen LogP contribution in [0.25, 0.3) is 11.3 Å². The Morgan fingerprint density at radius 3 is 2.47 bits per heavy atom. The number of nitrogens with one attached hydrogen (secondary N) is 1. The van der Waals surface area contributed by atoms with Gasteiger partial charge in [0, 0.05) is 17.7 Å². The van der Waals surface area contributed by atoms with Gasteiger partial charge in [-0.15, -0.1) is 0 Å². The lowest BCUT2D eigenvalue weighted by Gasteiger charge is -1.99. The van der Waals surface area contributed by atoms with E-state index in [4.69, 9.17) is 10.7 Å². The standard InChI is InChI=1S/C16H23N3/c1-12-7-9-14(10-8-12)16-13(2)18-15(19-16)6-4-3-5-11-17/h7-10H,3-6,11,17H2,1-2H3,(H,18,19). The summed E-state index contributed by atoms with van der Waals surface area (Å²) in [7, 11) is 0. The minimum absolute atomic E-state index is 0.784. The normalized spacial score (nSPS) is 10.9. The summed E-state index contributed by atoms with van der Waals surface area (Å²) in [5.41, 5.74) is 10.2. The van der Waals surface area contributed by atoms with Crippen molar-refractivity contribution in [3.05, 3.63) is 41.3 Å². The predicted molar refractivity (Wildman–Crippen MR) is 80.1 cm³/mol. The van der Waals surface area contributed by atoms with E-state index in [9.17, 15) is 0 Å². The van der Waals surface area contributed by atoms with Crippen molar-refractivity contribution in [2.75, 3.05) is 6.54 Å². The van der Waals surface area contributed by atoms with Crippen LogP contribution < -0.4 is 5.73 Å². The first-order chi connectivity index (χ1) is 9.20. The first kappa shape index (κ1) is 13.8. The molecule has 0 radical (unpaired) electrons. The summed E-state index contributed by atoms with van der Waals surface area (Å²) in [6, 6.07) is 8.53. The largest absolute Gasteiger partial charge is 0.346 e. The van der Waals surface area contributed by atoms with Crippen LogP contribution >= 0.6 is 0 Å². The molecule has 0 aliphatic carbocycles. The fourth-order valence-electron chi connectivity index (χ4n) is 2.25. The van der Waals surface area contributed by atoms with Gasteiger partial charge in [-0.05, 0) is 33.2 Å². The lowest BCUT2D eigenvalue weighted by atomic mass is 10.1. The summed E-state index contributed by atoms with van der Waals surface area (Å²) in [5, 5.41) is 0. The summed E-state index contributed by atoms with van der Waals surface area (Å²) in [6.07, 6.45) is 4.44. The number of benzene rings is 1. The zero-order valence-electron chi connectivity index (χ0n) is 11.9. The fraction of sp³-hybridized carbons (Fsp3) is 0.438. The van der Waals surface area contributed by atoms with Gasteiger partial charge in [0.15, 0.2) is 0 Å². The van der Waals surface area contributed by atoms with E-state index < -0.39 is 0 Å². The molecule has 0 unspecified atom stereocenters. The zero-order valence-corrected chi connectivity index (χ0v) is 11.9. The average molecular weight is 257 g/mol. The van der Waals surface area contributed by atoms with Gasteiger partial charge in [0.1, 0.15) is 5.82 Å². The third-order valence-corrected chi connectivity index (χ3v) is 3.38. The molecule has 3 heteroatoms. The van der Waals surface area contributed by atoms with Crippen molar-refractivity contribution < 1.29 is 0 Å². The average Bonchev–Trinajstić information content (AvgIpc) is 2.77. The minimum atomic E-state index is 0.784. The van der Waals surface area contributed by atoms with E-state index in [1.807, 2.05) is 0 Å². The van der Waals surface area contributed by atoms with E-state index in [2.05, 4.69) is 43.1 Å². The second-order valence-corrected chi connectivity index (χ2v) is 5.12. The molecule has 2 rings (SSSR count). The molecule has 0 saturated carbocycles. The monoisotopic (exact) mass is 257 g/mol. The summed E-state index contributed by atoms with van der Waals surface area (Å²) < 4.78 is 0. The lowest BCUT2D eigenvalue weighted by molar-refractivity contribution is 0.672. The SMILES string of the molecule is Cc1ccc(-c2nc(CCCCCN)[nH]c2C)cc1. The van der Waals surface area contributed by atoms with E-state index in [0.29, 0.717) is 0 Å². The molecule has 102 valence electrons.